The smallest absolute Gasteiger partial charge is 0.191 e. The Balaban J connectivity index is 0.00000341. The van der Waals surface area contributed by atoms with Crippen molar-refractivity contribution in [1.82, 2.24) is 25.4 Å². The van der Waals surface area contributed by atoms with Crippen molar-refractivity contribution in [3.05, 3.63) is 76.3 Å². The molecule has 0 bridgehead atoms. The molecule has 0 aliphatic carbocycles. The van der Waals surface area contributed by atoms with E-state index in [1.165, 1.54) is 5.56 Å². The molecule has 2 aromatic carbocycles. The van der Waals surface area contributed by atoms with Crippen LogP contribution in [0.1, 0.15) is 22.8 Å². The largest absolute Gasteiger partial charge is 0.497 e. The number of methoxy groups -OCH3 is 1. The average Bonchev–Trinajstić information content (AvgIpc) is 3.08. The third-order valence-electron chi connectivity index (χ3n) is 4.77. The van der Waals surface area contributed by atoms with Crippen LogP contribution in [0.2, 0.25) is 5.02 Å². The first-order valence-electron chi connectivity index (χ1n) is 9.79. The summed E-state index contributed by atoms with van der Waals surface area (Å²) >= 11 is 6.08. The summed E-state index contributed by atoms with van der Waals surface area (Å²) in [5.74, 6) is 3.27. The zero-order valence-corrected chi connectivity index (χ0v) is 21.0. The molecule has 9 heteroatoms. The molecule has 7 nitrogen and oxygen atoms in total. The number of ether oxygens (including phenoxy) is 1. The molecular formula is C22H28ClIN6O. The minimum Gasteiger partial charge on any atom is -0.497 e. The molecule has 1 heterocycles. The zero-order valence-electron chi connectivity index (χ0n) is 17.9. The number of aliphatic imine (C=N–C) groups is 1. The van der Waals surface area contributed by atoms with Gasteiger partial charge in [-0.2, -0.15) is 0 Å². The van der Waals surface area contributed by atoms with Gasteiger partial charge in [0.05, 0.1) is 20.2 Å². The van der Waals surface area contributed by atoms with Crippen molar-refractivity contribution >= 4 is 41.5 Å². The summed E-state index contributed by atoms with van der Waals surface area (Å²) < 4.78 is 7.17. The molecule has 2 N–H and O–H groups in total. The van der Waals surface area contributed by atoms with Crippen molar-refractivity contribution in [3.8, 4) is 5.75 Å². The molecule has 0 spiro atoms. The summed E-state index contributed by atoms with van der Waals surface area (Å²) in [5, 5.41) is 15.8. The Hall–Kier alpha value is -2.33. The molecule has 1 aromatic heterocycles. The van der Waals surface area contributed by atoms with Crippen LogP contribution in [0.3, 0.4) is 0 Å². The van der Waals surface area contributed by atoms with Crippen LogP contribution in [0, 0.1) is 6.92 Å². The molecule has 0 unspecified atom stereocenters. The number of guanidine groups is 1. The van der Waals surface area contributed by atoms with Gasteiger partial charge in [0.25, 0.3) is 0 Å². The Labute approximate surface area is 205 Å². The van der Waals surface area contributed by atoms with Gasteiger partial charge < -0.3 is 19.9 Å². The fraction of sp³-hybridized carbons (Fsp3) is 0.318. The van der Waals surface area contributed by atoms with Crippen molar-refractivity contribution in [1.29, 1.82) is 0 Å². The lowest BCUT2D eigenvalue weighted by Crippen LogP contribution is -2.38. The van der Waals surface area contributed by atoms with Gasteiger partial charge in [-0.15, -0.1) is 34.2 Å². The van der Waals surface area contributed by atoms with Gasteiger partial charge in [0.2, 0.25) is 0 Å². The van der Waals surface area contributed by atoms with Gasteiger partial charge in [-0.25, -0.2) is 4.99 Å². The fourth-order valence-electron chi connectivity index (χ4n) is 2.86. The van der Waals surface area contributed by atoms with Crippen molar-refractivity contribution in [2.24, 2.45) is 12.0 Å². The summed E-state index contributed by atoms with van der Waals surface area (Å²) in [5.41, 5.74) is 2.27. The molecule has 3 rings (SSSR count). The van der Waals surface area contributed by atoms with E-state index in [0.29, 0.717) is 19.0 Å². The van der Waals surface area contributed by atoms with Crippen molar-refractivity contribution in [3.63, 3.8) is 0 Å². The second-order valence-corrected chi connectivity index (χ2v) is 7.33. The molecule has 3 aromatic rings. The number of rotatable bonds is 8. The first kappa shape index (κ1) is 24.9. The lowest BCUT2D eigenvalue weighted by molar-refractivity contribution is 0.414. The summed E-state index contributed by atoms with van der Waals surface area (Å²) in [6, 6.07) is 15.8. The maximum atomic E-state index is 6.08. The highest BCUT2D eigenvalue weighted by atomic mass is 127. The lowest BCUT2D eigenvalue weighted by Gasteiger charge is -2.13. The normalized spacial score (nSPS) is 11.0. The van der Waals surface area contributed by atoms with Gasteiger partial charge in [-0.05, 0) is 48.7 Å². The van der Waals surface area contributed by atoms with E-state index in [4.69, 9.17) is 21.3 Å². The van der Waals surface area contributed by atoms with E-state index < -0.39 is 0 Å². The van der Waals surface area contributed by atoms with Gasteiger partial charge in [0, 0.05) is 18.6 Å². The van der Waals surface area contributed by atoms with Crippen LogP contribution in [0.4, 0.5) is 0 Å². The van der Waals surface area contributed by atoms with E-state index in [1.807, 2.05) is 61.0 Å². The monoisotopic (exact) mass is 554 g/mol. The average molecular weight is 555 g/mol. The molecule has 166 valence electrons. The SMILES string of the molecule is COc1ccc(CN=C(NCCc2cccc(Cl)c2)NCc2nnc(C)n2C)cc1.I. The van der Waals surface area contributed by atoms with Gasteiger partial charge >= 0.3 is 0 Å². The van der Waals surface area contributed by atoms with Gasteiger partial charge in [-0.3, -0.25) is 0 Å². The van der Waals surface area contributed by atoms with E-state index in [1.54, 1.807) is 7.11 Å². The Morgan fingerprint density at radius 2 is 1.87 bits per heavy atom. The number of nitrogens with zero attached hydrogens (tertiary/aromatic N) is 4. The molecule has 0 fully saturated rings. The predicted octanol–water partition coefficient (Wildman–Crippen LogP) is 3.88. The summed E-state index contributed by atoms with van der Waals surface area (Å²) in [4.78, 5) is 4.72. The fourth-order valence-corrected chi connectivity index (χ4v) is 3.07. The number of nitrogens with one attached hydrogen (secondary N) is 2. The van der Waals surface area contributed by atoms with Crippen molar-refractivity contribution in [2.45, 2.75) is 26.4 Å². The molecule has 0 saturated heterocycles. The highest BCUT2D eigenvalue weighted by Crippen LogP contribution is 2.12. The van der Waals surface area contributed by atoms with Gasteiger partial charge in [0.15, 0.2) is 11.8 Å². The number of hydrogen-bond acceptors (Lipinski definition) is 4. The number of halogens is 2. The highest BCUT2D eigenvalue weighted by molar-refractivity contribution is 14.0. The van der Waals surface area contributed by atoms with E-state index in [9.17, 15) is 0 Å². The third-order valence-corrected chi connectivity index (χ3v) is 5.01. The molecule has 0 saturated carbocycles. The van der Waals surface area contributed by atoms with Crippen LogP contribution in [0.5, 0.6) is 5.75 Å². The molecule has 0 aliphatic heterocycles. The quantitative estimate of drug-likeness (QED) is 0.251. The van der Waals surface area contributed by atoms with Gasteiger partial charge in [0.1, 0.15) is 11.6 Å². The molecule has 0 aliphatic rings. The van der Waals surface area contributed by atoms with E-state index in [2.05, 4.69) is 26.9 Å². The first-order valence-corrected chi connectivity index (χ1v) is 10.2. The molecule has 0 atom stereocenters. The van der Waals surface area contributed by atoms with E-state index >= 15 is 0 Å². The molecule has 0 radical (unpaired) electrons. The van der Waals surface area contributed by atoms with E-state index in [0.717, 1.165) is 40.9 Å². The molecule has 31 heavy (non-hydrogen) atoms. The Bertz CT molecular complexity index is 990. The second-order valence-electron chi connectivity index (χ2n) is 6.90. The zero-order chi connectivity index (χ0) is 21.3. The number of hydrogen-bond donors (Lipinski definition) is 2. The first-order chi connectivity index (χ1) is 14.5. The summed E-state index contributed by atoms with van der Waals surface area (Å²) in [6.07, 6.45) is 0.840. The lowest BCUT2D eigenvalue weighted by atomic mass is 10.1. The van der Waals surface area contributed by atoms with Gasteiger partial charge in [-0.1, -0.05) is 35.9 Å². The maximum Gasteiger partial charge on any atom is 0.191 e. The number of aryl methyl sites for hydroxylation is 1. The minimum atomic E-state index is 0. The summed E-state index contributed by atoms with van der Waals surface area (Å²) in [7, 11) is 3.61. The van der Waals surface area contributed by atoms with Crippen LogP contribution in [-0.4, -0.2) is 34.4 Å². The second kappa shape index (κ2) is 12.5. The van der Waals surface area contributed by atoms with E-state index in [-0.39, 0.29) is 24.0 Å². The van der Waals surface area contributed by atoms with Crippen LogP contribution < -0.4 is 15.4 Å². The topological polar surface area (TPSA) is 76.4 Å². The number of benzene rings is 2. The van der Waals surface area contributed by atoms with Crippen LogP contribution in [0.25, 0.3) is 0 Å². The predicted molar refractivity (Wildman–Crippen MR) is 135 cm³/mol. The Morgan fingerprint density at radius 1 is 1.10 bits per heavy atom. The molecular weight excluding hydrogens is 527 g/mol. The van der Waals surface area contributed by atoms with Crippen molar-refractivity contribution < 1.29 is 4.74 Å². The minimum absolute atomic E-state index is 0. The summed E-state index contributed by atoms with van der Waals surface area (Å²) in [6.45, 7) is 3.74. The standard InChI is InChI=1S/C22H27ClN6O.HI/c1-16-27-28-21(29(16)2)15-26-22(24-12-11-17-5-4-6-19(23)13-17)25-14-18-7-9-20(30-3)10-8-18;/h4-10,13H,11-12,14-15H2,1-3H3,(H2,24,25,26);1H. The third kappa shape index (κ3) is 7.70. The van der Waals surface area contributed by atoms with Crippen LogP contribution in [0.15, 0.2) is 53.5 Å². The Morgan fingerprint density at radius 3 is 2.52 bits per heavy atom. The number of aromatic nitrogens is 3. The Kier molecular flexibility index (Phi) is 10.1. The van der Waals surface area contributed by atoms with Crippen LogP contribution >= 0.6 is 35.6 Å². The molecule has 0 amide bonds. The van der Waals surface area contributed by atoms with Crippen molar-refractivity contribution in [2.75, 3.05) is 13.7 Å². The highest BCUT2D eigenvalue weighted by Gasteiger charge is 2.06. The van der Waals surface area contributed by atoms with Crippen LogP contribution in [-0.2, 0) is 26.6 Å². The maximum absolute atomic E-state index is 6.08.